The Balaban J connectivity index is 2.58. The van der Waals surface area contributed by atoms with E-state index in [1.54, 1.807) is 0 Å². The first-order valence-corrected chi connectivity index (χ1v) is 5.62. The molecule has 0 bridgehead atoms. The quantitative estimate of drug-likeness (QED) is 0.484. The lowest BCUT2D eigenvalue weighted by Crippen LogP contribution is -2.28. The minimum atomic E-state index is -5.17. The van der Waals surface area contributed by atoms with Crippen molar-refractivity contribution < 1.29 is 45.4 Å². The highest BCUT2D eigenvalue weighted by molar-refractivity contribution is 5.78. The summed E-state index contributed by atoms with van der Waals surface area (Å²) < 4.78 is 79.6. The first kappa shape index (κ1) is 17.8. The molecule has 1 aromatic carbocycles. The first-order valence-electron chi connectivity index (χ1n) is 5.62. The second-order valence-corrected chi connectivity index (χ2v) is 3.92. The fourth-order valence-electron chi connectivity index (χ4n) is 1.27. The van der Waals surface area contributed by atoms with E-state index in [1.165, 1.54) is 12.1 Å². The van der Waals surface area contributed by atoms with Crippen LogP contribution >= 0.6 is 0 Å². The van der Waals surface area contributed by atoms with Gasteiger partial charge in [0.1, 0.15) is 5.75 Å². The van der Waals surface area contributed by atoms with Gasteiger partial charge in [0.15, 0.2) is 0 Å². The van der Waals surface area contributed by atoms with E-state index in [2.05, 4.69) is 9.47 Å². The van der Waals surface area contributed by atoms with E-state index in [4.69, 9.17) is 0 Å². The molecule has 0 N–H and O–H groups in total. The van der Waals surface area contributed by atoms with Crippen molar-refractivity contribution in [2.45, 2.75) is 18.8 Å². The molecule has 1 rings (SSSR count). The van der Waals surface area contributed by atoms with Crippen molar-refractivity contribution in [1.29, 1.82) is 0 Å². The molecule has 4 nitrogen and oxygen atoms in total. The lowest BCUT2D eigenvalue weighted by Gasteiger charge is -2.09. The summed E-state index contributed by atoms with van der Waals surface area (Å²) >= 11 is 0. The van der Waals surface area contributed by atoms with Gasteiger partial charge in [0.25, 0.3) is 0 Å². The van der Waals surface area contributed by atoms with Gasteiger partial charge in [-0.05, 0) is 17.7 Å². The Labute approximate surface area is 119 Å². The zero-order valence-corrected chi connectivity index (χ0v) is 10.6. The number of carbonyl (C=O) groups excluding carboxylic acids is 2. The van der Waals surface area contributed by atoms with Crippen LogP contribution in [0.3, 0.4) is 0 Å². The average molecular weight is 330 g/mol. The molecule has 0 aliphatic rings. The SMILES string of the molecule is O=C(OCCc1cccc(OC(=O)C(F)(F)F)c1)C(F)(F)F. The third kappa shape index (κ3) is 5.62. The molecule has 0 aliphatic carbocycles. The highest BCUT2D eigenvalue weighted by Crippen LogP contribution is 2.21. The number of rotatable bonds is 4. The summed E-state index contributed by atoms with van der Waals surface area (Å²) in [6.07, 6.45) is -10.5. The van der Waals surface area contributed by atoms with E-state index in [1.807, 2.05) is 0 Å². The van der Waals surface area contributed by atoms with Gasteiger partial charge in [0, 0.05) is 6.42 Å². The topological polar surface area (TPSA) is 52.6 Å². The van der Waals surface area contributed by atoms with Crippen molar-refractivity contribution in [3.63, 3.8) is 0 Å². The minimum Gasteiger partial charge on any atom is -0.459 e. The zero-order valence-electron chi connectivity index (χ0n) is 10.6. The van der Waals surface area contributed by atoms with Crippen LogP contribution in [0.25, 0.3) is 0 Å². The molecule has 1 aromatic rings. The molecule has 22 heavy (non-hydrogen) atoms. The standard InChI is InChI=1S/C12H8F6O4/c13-11(14,15)9(19)21-5-4-7-2-1-3-8(6-7)22-10(20)12(16,17)18/h1-3,6H,4-5H2. The normalized spacial score (nSPS) is 11.9. The lowest BCUT2D eigenvalue weighted by molar-refractivity contribution is -0.199. The molecule has 0 radical (unpaired) electrons. The summed E-state index contributed by atoms with van der Waals surface area (Å²) in [6, 6.07) is 4.67. The van der Waals surface area contributed by atoms with Crippen LogP contribution in [0.15, 0.2) is 24.3 Å². The number of benzene rings is 1. The molecule has 0 saturated carbocycles. The minimum absolute atomic E-state index is 0.195. The molecule has 0 spiro atoms. The van der Waals surface area contributed by atoms with E-state index >= 15 is 0 Å². The Kier molecular flexibility index (Phi) is 5.39. The summed E-state index contributed by atoms with van der Waals surface area (Å²) in [6.45, 7) is -0.630. The van der Waals surface area contributed by atoms with Crippen molar-refractivity contribution in [1.82, 2.24) is 0 Å². The van der Waals surface area contributed by atoms with Crippen LogP contribution in [0.5, 0.6) is 5.75 Å². The fourth-order valence-corrected chi connectivity index (χ4v) is 1.27. The van der Waals surface area contributed by atoms with Gasteiger partial charge < -0.3 is 9.47 Å². The van der Waals surface area contributed by atoms with Gasteiger partial charge in [0.05, 0.1) is 6.61 Å². The van der Waals surface area contributed by atoms with Crippen LogP contribution in [-0.4, -0.2) is 30.9 Å². The molecule has 0 aliphatic heterocycles. The largest absolute Gasteiger partial charge is 0.491 e. The van der Waals surface area contributed by atoms with Crippen molar-refractivity contribution >= 4 is 11.9 Å². The number of hydrogen-bond donors (Lipinski definition) is 0. The number of halogens is 6. The highest BCUT2D eigenvalue weighted by Gasteiger charge is 2.41. The summed E-state index contributed by atoms with van der Waals surface area (Å²) in [7, 11) is 0. The van der Waals surface area contributed by atoms with Gasteiger partial charge in [-0.15, -0.1) is 0 Å². The molecule has 0 aromatic heterocycles. The van der Waals surface area contributed by atoms with Crippen LogP contribution in [0, 0.1) is 0 Å². The van der Waals surface area contributed by atoms with Crippen LogP contribution in [0.2, 0.25) is 0 Å². The van der Waals surface area contributed by atoms with Gasteiger partial charge in [-0.25, -0.2) is 9.59 Å². The van der Waals surface area contributed by atoms with Gasteiger partial charge in [0.2, 0.25) is 0 Å². The Morgan fingerprint density at radius 2 is 1.55 bits per heavy atom. The fraction of sp³-hybridized carbons (Fsp3) is 0.333. The van der Waals surface area contributed by atoms with E-state index < -0.39 is 36.6 Å². The summed E-state index contributed by atoms with van der Waals surface area (Å²) in [5.74, 6) is -5.22. The van der Waals surface area contributed by atoms with E-state index in [9.17, 15) is 35.9 Å². The second-order valence-electron chi connectivity index (χ2n) is 3.92. The Hall–Kier alpha value is -2.26. The Morgan fingerprint density at radius 1 is 0.955 bits per heavy atom. The third-order valence-electron chi connectivity index (χ3n) is 2.20. The van der Waals surface area contributed by atoms with Crippen LogP contribution in [0.1, 0.15) is 5.56 Å². The maximum atomic E-state index is 12.0. The summed E-state index contributed by atoms with van der Waals surface area (Å²) in [5.41, 5.74) is 0.224. The monoisotopic (exact) mass is 330 g/mol. The predicted molar refractivity (Wildman–Crippen MR) is 58.9 cm³/mol. The van der Waals surface area contributed by atoms with Crippen LogP contribution < -0.4 is 4.74 Å². The van der Waals surface area contributed by atoms with Crippen LogP contribution in [0.4, 0.5) is 26.3 Å². The smallest absolute Gasteiger partial charge is 0.459 e. The summed E-state index contributed by atoms with van der Waals surface area (Å²) in [4.78, 5) is 21.1. The van der Waals surface area contributed by atoms with Gasteiger partial charge in [-0.2, -0.15) is 26.3 Å². The van der Waals surface area contributed by atoms with Crippen molar-refractivity contribution in [2.24, 2.45) is 0 Å². The molecule has 0 fully saturated rings. The molecular weight excluding hydrogens is 322 g/mol. The number of carbonyl (C=O) groups is 2. The van der Waals surface area contributed by atoms with E-state index in [-0.39, 0.29) is 12.0 Å². The maximum Gasteiger partial charge on any atom is 0.491 e. The van der Waals surface area contributed by atoms with E-state index in [0.29, 0.717) is 0 Å². The number of esters is 2. The highest BCUT2D eigenvalue weighted by atomic mass is 19.4. The molecule has 0 saturated heterocycles. The second kappa shape index (κ2) is 6.67. The third-order valence-corrected chi connectivity index (χ3v) is 2.20. The van der Waals surface area contributed by atoms with Crippen LogP contribution in [-0.2, 0) is 20.7 Å². The van der Waals surface area contributed by atoms with Gasteiger partial charge in [-0.1, -0.05) is 12.1 Å². The molecular formula is C12H8F6O4. The molecule has 0 amide bonds. The molecule has 0 heterocycles. The predicted octanol–water partition coefficient (Wildman–Crippen LogP) is 2.80. The lowest BCUT2D eigenvalue weighted by atomic mass is 10.1. The van der Waals surface area contributed by atoms with Gasteiger partial charge in [-0.3, -0.25) is 0 Å². The van der Waals surface area contributed by atoms with E-state index in [0.717, 1.165) is 12.1 Å². The van der Waals surface area contributed by atoms with Crippen molar-refractivity contribution in [3.8, 4) is 5.75 Å². The van der Waals surface area contributed by atoms with Crippen molar-refractivity contribution in [3.05, 3.63) is 29.8 Å². The Bertz CT molecular complexity index is 549. The Morgan fingerprint density at radius 3 is 2.09 bits per heavy atom. The molecule has 0 unspecified atom stereocenters. The zero-order chi connectivity index (χ0) is 17.0. The van der Waals surface area contributed by atoms with Gasteiger partial charge >= 0.3 is 24.3 Å². The van der Waals surface area contributed by atoms with Crippen molar-refractivity contribution in [2.75, 3.05) is 6.61 Å². The number of alkyl halides is 6. The molecule has 0 atom stereocenters. The molecule has 122 valence electrons. The first-order chi connectivity index (χ1) is 10.00. The molecule has 10 heteroatoms. The maximum absolute atomic E-state index is 12.0. The summed E-state index contributed by atoms with van der Waals surface area (Å²) in [5, 5.41) is 0. The average Bonchev–Trinajstić information content (AvgIpc) is 2.36. The number of ether oxygens (including phenoxy) is 2. The number of hydrogen-bond acceptors (Lipinski definition) is 4.